The highest BCUT2D eigenvalue weighted by atomic mass is 32.2. The Morgan fingerprint density at radius 1 is 0.628 bits per heavy atom. The molecule has 2 aromatic carbocycles. The number of sulfonamides is 2. The fourth-order valence-electron chi connectivity index (χ4n) is 8.12. The summed E-state index contributed by atoms with van der Waals surface area (Å²) < 4.78 is 101. The first-order chi connectivity index (χ1) is 36.2. The van der Waals surface area contributed by atoms with Crippen molar-refractivity contribution in [2.45, 2.75) is 108 Å². The highest BCUT2D eigenvalue weighted by Crippen LogP contribution is 2.35. The van der Waals surface area contributed by atoms with E-state index in [1.165, 1.54) is 64.2 Å². The second-order valence-corrected chi connectivity index (χ2v) is 25.2. The van der Waals surface area contributed by atoms with Gasteiger partial charge in [-0.25, -0.2) is 48.6 Å². The van der Waals surface area contributed by atoms with E-state index in [1.54, 1.807) is 133 Å². The lowest BCUT2D eigenvalue weighted by molar-refractivity contribution is 0.0522. The average molecular weight is 1120 g/mol. The van der Waals surface area contributed by atoms with Crippen LogP contribution in [-0.4, -0.2) is 127 Å². The summed E-state index contributed by atoms with van der Waals surface area (Å²) in [6, 6.07) is 19.8. The number of amides is 2. The van der Waals surface area contributed by atoms with Gasteiger partial charge in [0.1, 0.15) is 28.5 Å². The van der Waals surface area contributed by atoms with E-state index >= 15 is 8.78 Å². The quantitative estimate of drug-likeness (QED) is 0.0542. The van der Waals surface area contributed by atoms with Gasteiger partial charge in [-0.3, -0.25) is 9.97 Å². The number of aromatic nitrogens is 4. The third-order valence-corrected chi connectivity index (χ3v) is 15.2. The number of benzene rings is 2. The number of fused-ring (bicyclic) bond motifs is 2. The Morgan fingerprint density at radius 2 is 1.01 bits per heavy atom. The van der Waals surface area contributed by atoms with Gasteiger partial charge in [-0.1, -0.05) is 24.3 Å². The highest BCUT2D eigenvalue weighted by Gasteiger charge is 2.31. The largest absolute Gasteiger partial charge is 0.464 e. The molecule has 2 amide bonds. The molecule has 0 aliphatic rings. The minimum atomic E-state index is -3.60. The van der Waals surface area contributed by atoms with Gasteiger partial charge >= 0.3 is 18.2 Å². The van der Waals surface area contributed by atoms with Gasteiger partial charge in [0.05, 0.1) is 63.4 Å². The SMILES string of the molecule is CN(C)S(=O)(=O)c1ccc(Cc2c(C(C)(C)O)n(C/C(F)=C/CNC(=O)OC(C)(C)C)c3cccnc23)cc1.COC(=O)c1c(Cc2ccc(S(=O)(=O)N(C)C)cc2)c2ncccc2n1C/C(F)=C/CNC(=O)OC(C)(C)C. The van der Waals surface area contributed by atoms with Crippen LogP contribution in [0.3, 0.4) is 0 Å². The molecule has 0 atom stereocenters. The molecule has 0 spiro atoms. The van der Waals surface area contributed by atoms with E-state index in [1.807, 2.05) is 0 Å². The third-order valence-electron chi connectivity index (χ3n) is 11.5. The number of aliphatic hydroxyl groups is 1. The van der Waals surface area contributed by atoms with E-state index in [2.05, 4.69) is 20.6 Å². The molecule has 0 radical (unpaired) electrons. The molecule has 6 rings (SSSR count). The minimum Gasteiger partial charge on any atom is -0.464 e. The summed E-state index contributed by atoms with van der Waals surface area (Å²) >= 11 is 0. The molecule has 23 heteroatoms. The van der Waals surface area contributed by atoms with Crippen molar-refractivity contribution in [3.63, 3.8) is 0 Å². The number of halogens is 2. The number of rotatable bonds is 18. The van der Waals surface area contributed by atoms with Crippen molar-refractivity contribution in [2.75, 3.05) is 48.4 Å². The summed E-state index contributed by atoms with van der Waals surface area (Å²) in [5, 5.41) is 16.1. The average Bonchev–Trinajstić information content (AvgIpc) is 3.87. The van der Waals surface area contributed by atoms with E-state index in [0.29, 0.717) is 45.3 Å². The molecule has 6 aromatic rings. The summed E-state index contributed by atoms with van der Waals surface area (Å²) in [6.07, 6.45) is 4.89. The standard InChI is InChI=1S/C28H37FN4O5S.C27H33FN4O6S/c1-27(2,3)38-26(34)31-16-14-20(29)18-33-23-9-8-15-30-24(23)22(25(33)28(4,5)35)17-19-10-12-21(13-11-19)39(36,37)32(6)7;1-27(2,3)38-26(34)30-15-13-19(28)17-32-22-8-7-14-29-23(22)21(24(32)25(33)37-6)16-18-9-11-20(12-10-18)39(35,36)31(4)5/h8-15,35H,16-18H2,1-7H3,(H,31,34);7-14H,15-17H2,1-6H3,(H,30,34)/b20-14-;19-13-. The molecule has 0 aliphatic heterocycles. The van der Waals surface area contributed by atoms with E-state index in [9.17, 15) is 36.3 Å². The zero-order chi connectivity index (χ0) is 58.1. The first-order valence-corrected chi connectivity index (χ1v) is 27.5. The van der Waals surface area contributed by atoms with Crippen LogP contribution in [0.2, 0.25) is 0 Å². The monoisotopic (exact) mass is 1120 g/mol. The number of alkyl carbamates (subject to hydrolysis) is 2. The van der Waals surface area contributed by atoms with Crippen LogP contribution in [0.25, 0.3) is 22.1 Å². The van der Waals surface area contributed by atoms with Gasteiger partial charge in [0.2, 0.25) is 20.0 Å². The number of ether oxygens (including phenoxy) is 3. The zero-order valence-corrected chi connectivity index (χ0v) is 47.9. The molecule has 0 saturated heterocycles. The van der Waals surface area contributed by atoms with E-state index in [-0.39, 0.29) is 48.1 Å². The number of esters is 1. The first kappa shape index (κ1) is 61.8. The van der Waals surface area contributed by atoms with Gasteiger partial charge in [-0.15, -0.1) is 0 Å². The van der Waals surface area contributed by atoms with E-state index < -0.39 is 66.7 Å². The second-order valence-electron chi connectivity index (χ2n) is 20.9. The van der Waals surface area contributed by atoms with E-state index in [0.717, 1.165) is 19.7 Å². The predicted molar refractivity (Wildman–Crippen MR) is 293 cm³/mol. The smallest absolute Gasteiger partial charge is 0.407 e. The van der Waals surface area contributed by atoms with Crippen LogP contribution >= 0.6 is 0 Å². The maximum atomic E-state index is 15.1. The summed E-state index contributed by atoms with van der Waals surface area (Å²) in [7, 11) is -0.0821. The minimum absolute atomic E-state index is 0.0644. The van der Waals surface area contributed by atoms with Gasteiger partial charge < -0.3 is 39.1 Å². The molecule has 0 fully saturated rings. The molecule has 78 heavy (non-hydrogen) atoms. The first-order valence-electron chi connectivity index (χ1n) is 24.6. The zero-order valence-electron chi connectivity index (χ0n) is 46.3. The normalized spacial score (nSPS) is 12.9. The van der Waals surface area contributed by atoms with Crippen molar-refractivity contribution < 1.29 is 59.3 Å². The van der Waals surface area contributed by atoms with Crippen LogP contribution in [0.4, 0.5) is 18.4 Å². The highest BCUT2D eigenvalue weighted by molar-refractivity contribution is 7.89. The van der Waals surface area contributed by atoms with Crippen molar-refractivity contribution >= 4 is 60.3 Å². The molecule has 0 saturated carbocycles. The molecule has 0 aliphatic carbocycles. The van der Waals surface area contributed by atoms with Crippen LogP contribution in [0.1, 0.15) is 93.8 Å². The maximum absolute atomic E-state index is 15.1. The molecule has 4 aromatic heterocycles. The Kier molecular flexibility index (Phi) is 19.9. The lowest BCUT2D eigenvalue weighted by Gasteiger charge is -2.23. The maximum Gasteiger partial charge on any atom is 0.407 e. The Morgan fingerprint density at radius 3 is 1.40 bits per heavy atom. The number of carbonyl (C=O) groups is 3. The fourth-order valence-corrected chi connectivity index (χ4v) is 9.92. The molecular formula is C55H70F2N8O11S2. The Labute approximate surface area is 455 Å². The van der Waals surface area contributed by atoms with Crippen LogP contribution in [0, 0.1) is 0 Å². The van der Waals surface area contributed by atoms with Crippen LogP contribution < -0.4 is 10.6 Å². The number of pyridine rings is 2. The molecular weight excluding hydrogens is 1050 g/mol. The number of nitrogens with zero attached hydrogens (tertiary/aromatic N) is 6. The van der Waals surface area contributed by atoms with Crippen molar-refractivity contribution in [2.24, 2.45) is 0 Å². The lowest BCUT2D eigenvalue weighted by atomic mass is 9.96. The van der Waals surface area contributed by atoms with Crippen LogP contribution in [-0.2, 0) is 65.8 Å². The number of carbonyl (C=O) groups excluding carboxylic acids is 3. The molecule has 0 unspecified atom stereocenters. The second kappa shape index (κ2) is 25.2. The van der Waals surface area contributed by atoms with Crippen molar-refractivity contribution in [1.29, 1.82) is 0 Å². The summed E-state index contributed by atoms with van der Waals surface area (Å²) in [5.74, 6) is -1.78. The Bertz CT molecular complexity index is 3410. The number of hydrogen-bond acceptors (Lipinski definition) is 13. The Balaban J connectivity index is 0.000000287. The van der Waals surface area contributed by atoms with Gasteiger partial charge in [-0.05, 0) is 127 Å². The lowest BCUT2D eigenvalue weighted by Crippen LogP contribution is -2.32. The number of allylic oxidation sites excluding steroid dienone is 2. The van der Waals surface area contributed by atoms with Gasteiger partial charge in [-0.2, -0.15) is 0 Å². The summed E-state index contributed by atoms with van der Waals surface area (Å²) in [4.78, 5) is 45.9. The van der Waals surface area contributed by atoms with Crippen LogP contribution in [0.5, 0.6) is 0 Å². The predicted octanol–water partition coefficient (Wildman–Crippen LogP) is 8.53. The van der Waals surface area contributed by atoms with Crippen LogP contribution in [0.15, 0.2) is 119 Å². The number of nitrogens with one attached hydrogen (secondary N) is 2. The fraction of sp³-hybridized carbons (Fsp3) is 0.400. The number of hydrogen-bond donors (Lipinski definition) is 3. The molecule has 4 heterocycles. The van der Waals surface area contributed by atoms with Crippen molar-refractivity contribution in [3.05, 3.63) is 143 Å². The molecule has 0 bridgehead atoms. The summed E-state index contributed by atoms with van der Waals surface area (Å²) in [6.45, 7) is 13.0. The molecule has 3 N–H and O–H groups in total. The number of methoxy groups -OCH3 is 1. The van der Waals surface area contributed by atoms with Gasteiger partial charge in [0.25, 0.3) is 0 Å². The van der Waals surface area contributed by atoms with Crippen molar-refractivity contribution in [3.8, 4) is 0 Å². The summed E-state index contributed by atoms with van der Waals surface area (Å²) in [5.41, 5.74) is 2.93. The molecule has 422 valence electrons. The Hall–Kier alpha value is -7.05. The van der Waals surface area contributed by atoms with Crippen molar-refractivity contribution in [1.82, 2.24) is 38.3 Å². The van der Waals surface area contributed by atoms with Gasteiger partial charge in [0.15, 0.2) is 0 Å². The van der Waals surface area contributed by atoms with Gasteiger partial charge in [0, 0.05) is 77.6 Å². The molecule has 19 nitrogen and oxygen atoms in total. The third kappa shape index (κ3) is 16.0. The van der Waals surface area contributed by atoms with E-state index in [4.69, 9.17) is 14.2 Å². The topological polar surface area (TPSA) is 234 Å².